The molecule has 1 saturated carbocycles. The molecule has 4 aliphatic rings. The van der Waals surface area contributed by atoms with Crippen molar-refractivity contribution < 1.29 is 34.0 Å². The van der Waals surface area contributed by atoms with E-state index in [4.69, 9.17) is 18.9 Å². The molecule has 0 aromatic heterocycles. The first-order valence-corrected chi connectivity index (χ1v) is 7.39. The van der Waals surface area contributed by atoms with Crippen molar-refractivity contribution in [3.8, 4) is 0 Å². The van der Waals surface area contributed by atoms with Crippen LogP contribution in [0.5, 0.6) is 0 Å². The first kappa shape index (κ1) is 14.9. The van der Waals surface area contributed by atoms with Crippen LogP contribution in [0.2, 0.25) is 0 Å². The zero-order valence-electron chi connectivity index (χ0n) is 12.3. The molecule has 0 spiro atoms. The van der Waals surface area contributed by atoms with Crippen molar-refractivity contribution in [2.24, 2.45) is 0 Å². The number of nitrogens with one attached hydrogen (secondary N) is 1. The van der Waals surface area contributed by atoms with Gasteiger partial charge in [0.15, 0.2) is 6.10 Å². The van der Waals surface area contributed by atoms with E-state index in [-0.39, 0.29) is 0 Å². The van der Waals surface area contributed by atoms with Gasteiger partial charge in [0.2, 0.25) is 0 Å². The predicted molar refractivity (Wildman–Crippen MR) is 75.4 cm³/mol. The third-order valence-electron chi connectivity index (χ3n) is 4.31. The minimum Gasteiger partial charge on any atom is -0.440 e. The highest BCUT2D eigenvalue weighted by atomic mass is 16.9. The van der Waals surface area contributed by atoms with E-state index in [1.165, 1.54) is 0 Å². The number of hydrogen-bond acceptors (Lipinski definition) is 7. The third-order valence-corrected chi connectivity index (χ3v) is 4.31. The highest BCUT2D eigenvalue weighted by Crippen LogP contribution is 2.46. The molecule has 8 heteroatoms. The summed E-state index contributed by atoms with van der Waals surface area (Å²) in [6, 6.07) is 8.80. The molecule has 5 rings (SSSR count). The number of anilines is 1. The SMILES string of the molecule is CC12OC3[C@@H](O)[C@H](O1)C(OC(=O)Nc1ccccc1)[C@H](O2)[C@@H]3O. The van der Waals surface area contributed by atoms with Crippen LogP contribution in [0.15, 0.2) is 30.3 Å². The van der Waals surface area contributed by atoms with Crippen LogP contribution in [0.3, 0.4) is 0 Å². The van der Waals surface area contributed by atoms with Crippen LogP contribution in [0.25, 0.3) is 0 Å². The summed E-state index contributed by atoms with van der Waals surface area (Å²) in [6.07, 6.45) is -6.32. The standard InChI is InChI=1S/C15H17NO7/c1-15-21-10-8(17)11(22-15)13(12(23-15)9(10)18)20-14(19)16-7-5-3-2-4-6-7/h2-6,8-13,17-18H,1H3,(H,16,19)/t8-,9-,10?,11-,12+,13?,15?/m1/s1. The second-order valence-electron chi connectivity index (χ2n) is 5.95. The van der Waals surface area contributed by atoms with Gasteiger partial charge >= 0.3 is 6.09 Å². The van der Waals surface area contributed by atoms with E-state index >= 15 is 0 Å². The lowest BCUT2D eigenvalue weighted by Crippen LogP contribution is -2.78. The minimum absolute atomic E-state index is 0.569. The quantitative estimate of drug-likeness (QED) is 0.713. The molecule has 3 aliphatic heterocycles. The summed E-state index contributed by atoms with van der Waals surface area (Å²) in [5, 5.41) is 23.0. The Hall–Kier alpha value is -1.71. The van der Waals surface area contributed by atoms with Crippen LogP contribution >= 0.6 is 0 Å². The molecule has 124 valence electrons. The summed E-state index contributed by atoms with van der Waals surface area (Å²) in [6.45, 7) is 1.55. The maximum Gasteiger partial charge on any atom is 0.412 e. The molecule has 23 heavy (non-hydrogen) atoms. The highest BCUT2D eigenvalue weighted by molar-refractivity contribution is 5.84. The lowest BCUT2D eigenvalue weighted by Gasteiger charge is -2.59. The monoisotopic (exact) mass is 323 g/mol. The van der Waals surface area contributed by atoms with Gasteiger partial charge in [0, 0.05) is 12.6 Å². The van der Waals surface area contributed by atoms with E-state index in [0.717, 1.165) is 0 Å². The maximum atomic E-state index is 12.1. The summed E-state index contributed by atoms with van der Waals surface area (Å²) < 4.78 is 21.8. The molecule has 4 fully saturated rings. The van der Waals surface area contributed by atoms with Gasteiger partial charge in [0.1, 0.15) is 30.5 Å². The summed E-state index contributed by atoms with van der Waals surface area (Å²) in [7, 11) is 0. The first-order valence-electron chi connectivity index (χ1n) is 7.39. The Bertz CT molecular complexity index is 589. The van der Waals surface area contributed by atoms with Crippen molar-refractivity contribution in [3.05, 3.63) is 30.3 Å². The Balaban J connectivity index is 1.50. The van der Waals surface area contributed by atoms with Gasteiger partial charge in [-0.15, -0.1) is 0 Å². The maximum absolute atomic E-state index is 12.1. The van der Waals surface area contributed by atoms with Crippen LogP contribution in [-0.2, 0) is 18.9 Å². The molecule has 0 radical (unpaired) electrons. The van der Waals surface area contributed by atoms with Crippen LogP contribution in [0.1, 0.15) is 6.92 Å². The number of ether oxygens (including phenoxy) is 4. The number of amides is 1. The van der Waals surface area contributed by atoms with Gasteiger partial charge < -0.3 is 29.2 Å². The van der Waals surface area contributed by atoms with Gasteiger partial charge in [-0.05, 0) is 12.1 Å². The van der Waals surface area contributed by atoms with Crippen LogP contribution in [0, 0.1) is 0 Å². The van der Waals surface area contributed by atoms with Crippen molar-refractivity contribution >= 4 is 11.8 Å². The molecule has 1 aromatic carbocycles. The largest absolute Gasteiger partial charge is 0.440 e. The van der Waals surface area contributed by atoms with Crippen molar-refractivity contribution in [1.82, 2.24) is 0 Å². The van der Waals surface area contributed by atoms with E-state index in [1.54, 1.807) is 31.2 Å². The summed E-state index contributed by atoms with van der Waals surface area (Å²) >= 11 is 0. The predicted octanol–water partition coefficient (Wildman–Crippen LogP) is 0.196. The molecular formula is C15H17NO7. The molecule has 3 saturated heterocycles. The zero-order chi connectivity index (χ0) is 16.2. The second-order valence-corrected chi connectivity index (χ2v) is 5.95. The lowest BCUT2D eigenvalue weighted by molar-refractivity contribution is -0.530. The van der Waals surface area contributed by atoms with E-state index in [0.29, 0.717) is 5.69 Å². The van der Waals surface area contributed by atoms with Gasteiger partial charge in [0.05, 0.1) is 0 Å². The fourth-order valence-corrected chi connectivity index (χ4v) is 3.32. The first-order chi connectivity index (χ1) is 11.0. The van der Waals surface area contributed by atoms with Gasteiger partial charge in [-0.2, -0.15) is 0 Å². The molecule has 3 heterocycles. The lowest BCUT2D eigenvalue weighted by atomic mass is 9.82. The molecular weight excluding hydrogens is 306 g/mol. The van der Waals surface area contributed by atoms with Crippen molar-refractivity contribution in [2.45, 2.75) is 49.5 Å². The second kappa shape index (κ2) is 5.15. The third kappa shape index (κ3) is 2.39. The molecule has 3 N–H and O–H groups in total. The molecule has 1 aromatic rings. The Morgan fingerprint density at radius 2 is 1.65 bits per heavy atom. The van der Waals surface area contributed by atoms with Crippen molar-refractivity contribution in [1.29, 1.82) is 0 Å². The smallest absolute Gasteiger partial charge is 0.412 e. The van der Waals surface area contributed by atoms with E-state index < -0.39 is 48.7 Å². The van der Waals surface area contributed by atoms with Gasteiger partial charge in [-0.25, -0.2) is 4.79 Å². The van der Waals surface area contributed by atoms with Crippen molar-refractivity contribution in [3.63, 3.8) is 0 Å². The number of rotatable bonds is 2. The normalized spacial score (nSPS) is 44.1. The zero-order valence-corrected chi connectivity index (χ0v) is 12.3. The number of para-hydroxylation sites is 1. The summed E-state index contributed by atoms with van der Waals surface area (Å²) in [5.41, 5.74) is 0.569. The van der Waals surface area contributed by atoms with Crippen LogP contribution in [-0.4, -0.2) is 58.9 Å². The number of aliphatic hydroxyl groups excluding tert-OH is 2. The Morgan fingerprint density at radius 1 is 1.09 bits per heavy atom. The molecule has 1 amide bonds. The number of carbonyl (C=O) groups excluding carboxylic acids is 1. The number of aliphatic hydroxyl groups is 2. The number of benzene rings is 1. The Labute approximate surface area is 131 Å². The Kier molecular flexibility index (Phi) is 3.33. The minimum atomic E-state index is -1.34. The molecule has 4 bridgehead atoms. The van der Waals surface area contributed by atoms with Crippen LogP contribution in [0.4, 0.5) is 10.5 Å². The number of carbonyl (C=O) groups is 1. The average Bonchev–Trinajstić information content (AvgIpc) is 2.52. The van der Waals surface area contributed by atoms with Crippen LogP contribution < -0.4 is 5.32 Å². The molecule has 3 unspecified atom stereocenters. The average molecular weight is 323 g/mol. The van der Waals surface area contributed by atoms with Gasteiger partial charge in [-0.3, -0.25) is 5.32 Å². The fourth-order valence-electron chi connectivity index (χ4n) is 3.32. The summed E-state index contributed by atoms with van der Waals surface area (Å²) in [5.74, 6) is -1.34. The van der Waals surface area contributed by atoms with Gasteiger partial charge in [0.25, 0.3) is 5.97 Å². The van der Waals surface area contributed by atoms with E-state index in [2.05, 4.69) is 5.32 Å². The Morgan fingerprint density at radius 3 is 2.26 bits per heavy atom. The highest BCUT2D eigenvalue weighted by Gasteiger charge is 2.66. The van der Waals surface area contributed by atoms with Gasteiger partial charge in [-0.1, -0.05) is 18.2 Å². The molecule has 8 nitrogen and oxygen atoms in total. The number of hydrogen-bond donors (Lipinski definition) is 3. The molecule has 1 aliphatic carbocycles. The topological polar surface area (TPSA) is 106 Å². The fraction of sp³-hybridized carbons (Fsp3) is 0.533. The summed E-state index contributed by atoms with van der Waals surface area (Å²) in [4.78, 5) is 12.1. The van der Waals surface area contributed by atoms with E-state index in [9.17, 15) is 15.0 Å². The van der Waals surface area contributed by atoms with E-state index in [1.807, 2.05) is 6.07 Å². The van der Waals surface area contributed by atoms with Crippen molar-refractivity contribution in [2.75, 3.05) is 5.32 Å². The molecule has 7 atom stereocenters.